The fraction of sp³-hybridized carbons (Fsp3) is 0.179. The van der Waals surface area contributed by atoms with Crippen LogP contribution < -0.4 is 9.47 Å². The lowest BCUT2D eigenvalue weighted by Gasteiger charge is -2.15. The van der Waals surface area contributed by atoms with Crippen molar-refractivity contribution in [1.29, 1.82) is 5.26 Å². The van der Waals surface area contributed by atoms with Crippen LogP contribution in [0, 0.1) is 18.3 Å². The summed E-state index contributed by atoms with van der Waals surface area (Å²) in [7, 11) is 0. The minimum absolute atomic E-state index is 0.0470. The van der Waals surface area contributed by atoms with Gasteiger partial charge in [0, 0.05) is 0 Å². The number of thioether (sulfide) groups is 1. The average molecular weight is 563 g/mol. The van der Waals surface area contributed by atoms with Gasteiger partial charge in [0.15, 0.2) is 11.5 Å². The monoisotopic (exact) mass is 562 g/mol. The summed E-state index contributed by atoms with van der Waals surface area (Å²) < 4.78 is 12.6. The number of benzene rings is 3. The zero-order valence-corrected chi connectivity index (χ0v) is 22.2. The molecule has 1 aliphatic rings. The van der Waals surface area contributed by atoms with Crippen molar-refractivity contribution in [3.63, 3.8) is 0 Å². The smallest absolute Gasteiger partial charge is 0.293 e. The number of halogens is 1. The maximum Gasteiger partial charge on any atom is 0.293 e. The molecule has 1 fully saturated rings. The molecule has 0 spiro atoms. The van der Waals surface area contributed by atoms with Crippen LogP contribution in [0.2, 0.25) is 0 Å². The van der Waals surface area contributed by atoms with Crippen LogP contribution in [-0.4, -0.2) is 22.7 Å². The predicted molar refractivity (Wildman–Crippen MR) is 143 cm³/mol. The van der Waals surface area contributed by atoms with Gasteiger partial charge in [0.25, 0.3) is 11.1 Å². The zero-order chi connectivity index (χ0) is 25.7. The number of nitrogens with zero attached hydrogens (tertiary/aromatic N) is 2. The summed E-state index contributed by atoms with van der Waals surface area (Å²) in [5, 5.41) is 8.95. The van der Waals surface area contributed by atoms with Crippen molar-refractivity contribution >= 4 is 44.9 Å². The van der Waals surface area contributed by atoms with Gasteiger partial charge in [-0.15, -0.1) is 0 Å². The van der Waals surface area contributed by atoms with Crippen LogP contribution in [-0.2, 0) is 17.9 Å². The van der Waals surface area contributed by atoms with Gasteiger partial charge in [-0.2, -0.15) is 5.26 Å². The summed E-state index contributed by atoms with van der Waals surface area (Å²) in [5.74, 6) is 0.705. The fourth-order valence-corrected chi connectivity index (χ4v) is 5.17. The van der Waals surface area contributed by atoms with Crippen LogP contribution in [0.1, 0.15) is 34.7 Å². The molecule has 0 radical (unpaired) electrons. The van der Waals surface area contributed by atoms with E-state index in [0.29, 0.717) is 50.8 Å². The molecule has 2 amide bonds. The number of aryl methyl sites for hydroxylation is 1. The van der Waals surface area contributed by atoms with Crippen LogP contribution in [0.4, 0.5) is 4.79 Å². The van der Waals surface area contributed by atoms with E-state index in [-0.39, 0.29) is 11.8 Å². The van der Waals surface area contributed by atoms with E-state index in [2.05, 4.69) is 28.1 Å². The normalized spacial score (nSPS) is 14.3. The quantitative estimate of drug-likeness (QED) is 0.279. The van der Waals surface area contributed by atoms with Gasteiger partial charge in [-0.1, -0.05) is 48.0 Å². The van der Waals surface area contributed by atoms with E-state index < -0.39 is 5.91 Å². The Kier molecular flexibility index (Phi) is 8.14. The van der Waals surface area contributed by atoms with Crippen molar-refractivity contribution < 1.29 is 19.1 Å². The average Bonchev–Trinajstić information content (AvgIpc) is 3.11. The van der Waals surface area contributed by atoms with Gasteiger partial charge in [-0.3, -0.25) is 14.5 Å². The maximum absolute atomic E-state index is 13.0. The topological polar surface area (TPSA) is 79.6 Å². The second kappa shape index (κ2) is 11.5. The molecule has 4 rings (SSSR count). The number of carbonyl (C=O) groups is 2. The van der Waals surface area contributed by atoms with E-state index in [9.17, 15) is 14.9 Å². The third-order valence-corrected chi connectivity index (χ3v) is 6.93. The van der Waals surface area contributed by atoms with Crippen molar-refractivity contribution in [3.05, 3.63) is 97.9 Å². The molecule has 1 saturated heterocycles. The van der Waals surface area contributed by atoms with Crippen LogP contribution in [0.5, 0.6) is 11.5 Å². The summed E-state index contributed by atoms with van der Waals surface area (Å²) in [6, 6.07) is 20.7. The number of imide groups is 1. The van der Waals surface area contributed by atoms with E-state index >= 15 is 0 Å². The molecule has 182 valence electrons. The molecule has 0 aliphatic carbocycles. The van der Waals surface area contributed by atoms with Crippen molar-refractivity contribution in [2.45, 2.75) is 27.0 Å². The number of rotatable bonds is 8. The molecular weight excluding hydrogens is 540 g/mol. The third-order valence-electron chi connectivity index (χ3n) is 5.43. The zero-order valence-electron chi connectivity index (χ0n) is 19.8. The first-order chi connectivity index (χ1) is 17.4. The summed E-state index contributed by atoms with van der Waals surface area (Å²) in [5.41, 5.74) is 3.95. The van der Waals surface area contributed by atoms with Crippen molar-refractivity contribution in [2.24, 2.45) is 0 Å². The molecule has 3 aromatic carbocycles. The number of carbonyl (C=O) groups excluding carboxylic acids is 2. The van der Waals surface area contributed by atoms with Crippen LogP contribution in [0.15, 0.2) is 70.0 Å². The molecule has 6 nitrogen and oxygen atoms in total. The Hall–Kier alpha value is -3.54. The Labute approximate surface area is 222 Å². The van der Waals surface area contributed by atoms with E-state index in [4.69, 9.17) is 9.47 Å². The van der Waals surface area contributed by atoms with E-state index in [0.717, 1.165) is 27.8 Å². The van der Waals surface area contributed by atoms with Gasteiger partial charge in [0.2, 0.25) is 0 Å². The number of hydrogen-bond donors (Lipinski definition) is 0. The highest BCUT2D eigenvalue weighted by atomic mass is 79.9. The van der Waals surface area contributed by atoms with Crippen molar-refractivity contribution in [3.8, 4) is 17.6 Å². The Morgan fingerprint density at radius 3 is 2.64 bits per heavy atom. The van der Waals surface area contributed by atoms with Crippen LogP contribution in [0.25, 0.3) is 6.08 Å². The molecule has 8 heteroatoms. The minimum Gasteiger partial charge on any atom is -0.490 e. The lowest BCUT2D eigenvalue weighted by atomic mass is 10.1. The first-order valence-electron chi connectivity index (χ1n) is 11.3. The molecule has 0 bridgehead atoms. The van der Waals surface area contributed by atoms with Gasteiger partial charge in [0.1, 0.15) is 6.61 Å². The highest BCUT2D eigenvalue weighted by molar-refractivity contribution is 9.10. The lowest BCUT2D eigenvalue weighted by molar-refractivity contribution is -0.123. The van der Waals surface area contributed by atoms with Gasteiger partial charge in [-0.05, 0) is 82.5 Å². The predicted octanol–water partition coefficient (Wildman–Crippen LogP) is 6.84. The standard InChI is InChI=1S/C28H23BrN2O4S/c1-3-34-24-13-20(12-23(29)26(24)35-17-19-8-6-7-18(2)11-19)14-25-27(32)31(28(33)36-25)16-22-10-5-4-9-21(22)15-30/h4-14H,3,16-17H2,1-2H3/b25-14+. The van der Waals surface area contributed by atoms with Crippen LogP contribution in [0.3, 0.4) is 0 Å². The molecule has 0 atom stereocenters. The number of ether oxygens (including phenoxy) is 2. The molecule has 0 aromatic heterocycles. The van der Waals surface area contributed by atoms with Crippen molar-refractivity contribution in [2.75, 3.05) is 6.61 Å². The molecule has 3 aromatic rings. The van der Waals surface area contributed by atoms with Crippen molar-refractivity contribution in [1.82, 2.24) is 4.90 Å². The van der Waals surface area contributed by atoms with Gasteiger partial charge in [-0.25, -0.2) is 0 Å². The Morgan fingerprint density at radius 1 is 1.08 bits per heavy atom. The largest absolute Gasteiger partial charge is 0.490 e. The first kappa shape index (κ1) is 25.5. The minimum atomic E-state index is -0.397. The molecular formula is C28H23BrN2O4S. The van der Waals surface area contributed by atoms with Gasteiger partial charge >= 0.3 is 0 Å². The Bertz CT molecular complexity index is 1400. The lowest BCUT2D eigenvalue weighted by Crippen LogP contribution is -2.27. The molecule has 1 aliphatic heterocycles. The number of hydrogen-bond acceptors (Lipinski definition) is 6. The molecule has 0 saturated carbocycles. The molecule has 1 heterocycles. The Balaban J connectivity index is 1.57. The van der Waals surface area contributed by atoms with Crippen LogP contribution >= 0.6 is 27.7 Å². The summed E-state index contributed by atoms with van der Waals surface area (Å²) in [6.45, 7) is 4.78. The van der Waals surface area contributed by atoms with Gasteiger partial charge in [0.05, 0.1) is 34.2 Å². The molecule has 0 unspecified atom stereocenters. The highest BCUT2D eigenvalue weighted by Gasteiger charge is 2.35. The maximum atomic E-state index is 13.0. The fourth-order valence-electron chi connectivity index (χ4n) is 3.76. The summed E-state index contributed by atoms with van der Waals surface area (Å²) >= 11 is 4.45. The summed E-state index contributed by atoms with van der Waals surface area (Å²) in [4.78, 5) is 27.1. The van der Waals surface area contributed by atoms with E-state index in [1.807, 2.05) is 38.1 Å². The molecule has 36 heavy (non-hydrogen) atoms. The second-order valence-corrected chi connectivity index (χ2v) is 9.93. The summed E-state index contributed by atoms with van der Waals surface area (Å²) in [6.07, 6.45) is 1.67. The molecule has 0 N–H and O–H groups in total. The van der Waals surface area contributed by atoms with E-state index in [1.54, 1.807) is 36.4 Å². The van der Waals surface area contributed by atoms with Gasteiger partial charge < -0.3 is 9.47 Å². The first-order valence-corrected chi connectivity index (χ1v) is 12.9. The number of amides is 2. The number of nitriles is 1. The van der Waals surface area contributed by atoms with E-state index in [1.165, 1.54) is 0 Å². The SMILES string of the molecule is CCOc1cc(/C=C2/SC(=O)N(Cc3ccccc3C#N)C2=O)cc(Br)c1OCc1cccc(C)c1. The highest BCUT2D eigenvalue weighted by Crippen LogP contribution is 2.40. The Morgan fingerprint density at radius 2 is 1.89 bits per heavy atom. The second-order valence-electron chi connectivity index (χ2n) is 8.08. The third kappa shape index (κ3) is 5.81.